The topological polar surface area (TPSA) is 94.8 Å². The van der Waals surface area contributed by atoms with Gasteiger partial charge in [-0.25, -0.2) is 0 Å². The Labute approximate surface area is 184 Å². The third-order valence-corrected chi connectivity index (χ3v) is 5.59. The van der Waals surface area contributed by atoms with Gasteiger partial charge in [0, 0.05) is 17.6 Å². The van der Waals surface area contributed by atoms with Crippen LogP contribution in [-0.2, 0) is 16.8 Å². The van der Waals surface area contributed by atoms with Crippen LogP contribution < -0.4 is 10.6 Å². The molecule has 3 N–H and O–H groups in total. The summed E-state index contributed by atoms with van der Waals surface area (Å²) >= 11 is 3.50. The lowest BCUT2D eigenvalue weighted by Crippen LogP contribution is -2.60. The standard InChI is InChI=1S/C22H26BrN3O4/c1-5-20(28)26-11-13(12-26)25-21(29)19-7-6-14(30-19)10-24-17-8-15(22(2,3)4)16(23)9-18(17)27/h5-9,13,24,27H,1,10-12H2,2-4H3,(H,25,29). The molecule has 1 saturated heterocycles. The molecule has 1 fully saturated rings. The monoisotopic (exact) mass is 475 g/mol. The van der Waals surface area contributed by atoms with E-state index in [1.54, 1.807) is 23.1 Å². The maximum Gasteiger partial charge on any atom is 0.287 e. The molecule has 0 unspecified atom stereocenters. The summed E-state index contributed by atoms with van der Waals surface area (Å²) in [7, 11) is 0. The van der Waals surface area contributed by atoms with Crippen molar-refractivity contribution in [2.45, 2.75) is 38.8 Å². The Balaban J connectivity index is 1.58. The van der Waals surface area contributed by atoms with Gasteiger partial charge in [0.2, 0.25) is 5.91 Å². The smallest absolute Gasteiger partial charge is 0.287 e. The molecule has 0 atom stereocenters. The summed E-state index contributed by atoms with van der Waals surface area (Å²) in [5.74, 6) is 0.437. The van der Waals surface area contributed by atoms with Crippen LogP contribution in [0.25, 0.3) is 0 Å². The second kappa shape index (κ2) is 8.55. The fraction of sp³-hybridized carbons (Fsp3) is 0.364. The molecule has 1 aliphatic rings. The number of aromatic hydroxyl groups is 1. The van der Waals surface area contributed by atoms with Crippen molar-refractivity contribution in [2.24, 2.45) is 0 Å². The molecule has 160 valence electrons. The number of phenols is 1. The molecular formula is C22H26BrN3O4. The van der Waals surface area contributed by atoms with E-state index in [4.69, 9.17) is 4.42 Å². The largest absolute Gasteiger partial charge is 0.506 e. The molecule has 2 aromatic rings. The molecule has 8 heteroatoms. The maximum absolute atomic E-state index is 12.3. The van der Waals surface area contributed by atoms with E-state index in [9.17, 15) is 14.7 Å². The minimum absolute atomic E-state index is 0.0910. The normalized spacial score (nSPS) is 14.2. The van der Waals surface area contributed by atoms with Gasteiger partial charge in [0.15, 0.2) is 5.76 Å². The predicted octanol–water partition coefficient (Wildman–Crippen LogP) is 3.78. The zero-order valence-corrected chi connectivity index (χ0v) is 18.9. The minimum Gasteiger partial charge on any atom is -0.506 e. The fourth-order valence-electron chi connectivity index (χ4n) is 3.19. The third kappa shape index (κ3) is 4.87. The lowest BCUT2D eigenvalue weighted by molar-refractivity contribution is -0.130. The van der Waals surface area contributed by atoms with Crippen molar-refractivity contribution in [1.82, 2.24) is 10.2 Å². The molecule has 0 bridgehead atoms. The molecule has 7 nitrogen and oxygen atoms in total. The first-order valence-corrected chi connectivity index (χ1v) is 10.5. The van der Waals surface area contributed by atoms with E-state index in [1.807, 2.05) is 6.07 Å². The van der Waals surface area contributed by atoms with Crippen LogP contribution >= 0.6 is 15.9 Å². The summed E-state index contributed by atoms with van der Waals surface area (Å²) in [4.78, 5) is 25.4. The zero-order valence-electron chi connectivity index (χ0n) is 17.3. The number of carbonyl (C=O) groups excluding carboxylic acids is 2. The SMILES string of the molecule is C=CC(=O)N1CC(NC(=O)c2ccc(CNc3cc(C(C)(C)C)c(Br)cc3O)o2)C1. The molecule has 0 saturated carbocycles. The van der Waals surface area contributed by atoms with Crippen molar-refractivity contribution in [3.05, 3.63) is 58.5 Å². The van der Waals surface area contributed by atoms with Gasteiger partial charge in [-0.3, -0.25) is 9.59 Å². The van der Waals surface area contributed by atoms with E-state index in [0.29, 0.717) is 31.1 Å². The number of hydrogen-bond acceptors (Lipinski definition) is 5. The Hall–Kier alpha value is -2.74. The highest BCUT2D eigenvalue weighted by atomic mass is 79.9. The van der Waals surface area contributed by atoms with Crippen molar-refractivity contribution in [3.63, 3.8) is 0 Å². The first-order chi connectivity index (χ1) is 14.1. The number of phenolic OH excluding ortho intramolecular Hbond substituents is 1. The maximum atomic E-state index is 12.3. The van der Waals surface area contributed by atoms with E-state index in [2.05, 4.69) is 53.9 Å². The number of rotatable bonds is 6. The summed E-state index contributed by atoms with van der Waals surface area (Å²) in [6.45, 7) is 11.0. The van der Waals surface area contributed by atoms with Crippen LogP contribution in [-0.4, -0.2) is 41.0 Å². The molecular weight excluding hydrogens is 450 g/mol. The zero-order chi connectivity index (χ0) is 22.1. The highest BCUT2D eigenvalue weighted by Crippen LogP contribution is 2.37. The van der Waals surface area contributed by atoms with Crippen molar-refractivity contribution < 1.29 is 19.1 Å². The number of anilines is 1. The third-order valence-electron chi connectivity index (χ3n) is 4.93. The molecule has 0 radical (unpaired) electrons. The average Bonchev–Trinajstić information content (AvgIpc) is 3.11. The Morgan fingerprint density at radius 3 is 2.67 bits per heavy atom. The van der Waals surface area contributed by atoms with Gasteiger partial charge in [0.05, 0.1) is 18.3 Å². The van der Waals surface area contributed by atoms with Crippen LogP contribution in [0, 0.1) is 0 Å². The number of hydrogen-bond donors (Lipinski definition) is 3. The van der Waals surface area contributed by atoms with E-state index in [1.165, 1.54) is 6.08 Å². The molecule has 2 amide bonds. The predicted molar refractivity (Wildman–Crippen MR) is 119 cm³/mol. The van der Waals surface area contributed by atoms with Gasteiger partial charge >= 0.3 is 0 Å². The number of amides is 2. The number of likely N-dealkylation sites (tertiary alicyclic amines) is 1. The second-order valence-corrected chi connectivity index (χ2v) is 9.19. The van der Waals surface area contributed by atoms with E-state index in [0.717, 1.165) is 10.0 Å². The van der Waals surface area contributed by atoms with Crippen LogP contribution in [0.1, 0.15) is 42.6 Å². The molecule has 1 aliphatic heterocycles. The van der Waals surface area contributed by atoms with Crippen LogP contribution in [0.15, 0.2) is 45.8 Å². The quantitative estimate of drug-likeness (QED) is 0.436. The van der Waals surface area contributed by atoms with Crippen molar-refractivity contribution >= 4 is 33.4 Å². The lowest BCUT2D eigenvalue weighted by atomic mass is 9.86. The molecule has 2 heterocycles. The summed E-state index contributed by atoms with van der Waals surface area (Å²) < 4.78 is 6.48. The number of carbonyl (C=O) groups is 2. The number of furan rings is 1. The summed E-state index contributed by atoms with van der Waals surface area (Å²) in [6, 6.07) is 6.81. The van der Waals surface area contributed by atoms with Crippen molar-refractivity contribution in [3.8, 4) is 5.75 Å². The van der Waals surface area contributed by atoms with Crippen LogP contribution in [0.3, 0.4) is 0 Å². The molecule has 1 aromatic carbocycles. The number of nitrogens with zero attached hydrogens (tertiary/aromatic N) is 1. The number of halogens is 1. The van der Waals surface area contributed by atoms with E-state index < -0.39 is 0 Å². The van der Waals surface area contributed by atoms with E-state index >= 15 is 0 Å². The highest BCUT2D eigenvalue weighted by Gasteiger charge is 2.31. The molecule has 30 heavy (non-hydrogen) atoms. The van der Waals surface area contributed by atoms with Gasteiger partial charge in [0.25, 0.3) is 5.91 Å². The van der Waals surface area contributed by atoms with Gasteiger partial charge in [-0.15, -0.1) is 0 Å². The molecule has 3 rings (SSSR count). The van der Waals surface area contributed by atoms with Crippen LogP contribution in [0.4, 0.5) is 5.69 Å². The summed E-state index contributed by atoms with van der Waals surface area (Å²) in [5.41, 5.74) is 1.56. The minimum atomic E-state index is -0.321. The van der Waals surface area contributed by atoms with Crippen molar-refractivity contribution in [2.75, 3.05) is 18.4 Å². The molecule has 1 aromatic heterocycles. The second-order valence-electron chi connectivity index (χ2n) is 8.34. The molecule has 0 spiro atoms. The highest BCUT2D eigenvalue weighted by molar-refractivity contribution is 9.10. The molecule has 0 aliphatic carbocycles. The fourth-order valence-corrected chi connectivity index (χ4v) is 4.12. The van der Waals surface area contributed by atoms with Gasteiger partial charge in [-0.1, -0.05) is 43.3 Å². The summed E-state index contributed by atoms with van der Waals surface area (Å²) in [6.07, 6.45) is 1.26. The van der Waals surface area contributed by atoms with Gasteiger partial charge < -0.3 is 25.1 Å². The van der Waals surface area contributed by atoms with Gasteiger partial charge in [-0.05, 0) is 41.3 Å². The lowest BCUT2D eigenvalue weighted by Gasteiger charge is -2.38. The first kappa shape index (κ1) is 22.0. The van der Waals surface area contributed by atoms with Gasteiger partial charge in [0.1, 0.15) is 11.5 Å². The Morgan fingerprint density at radius 1 is 1.33 bits per heavy atom. The number of nitrogens with one attached hydrogen (secondary N) is 2. The number of benzene rings is 1. The Kier molecular flexibility index (Phi) is 6.26. The Bertz CT molecular complexity index is 971. The average molecular weight is 476 g/mol. The summed E-state index contributed by atoms with van der Waals surface area (Å²) in [5, 5.41) is 16.2. The van der Waals surface area contributed by atoms with Gasteiger partial charge in [-0.2, -0.15) is 0 Å². The first-order valence-electron chi connectivity index (χ1n) is 9.66. The van der Waals surface area contributed by atoms with Crippen LogP contribution in [0.2, 0.25) is 0 Å². The van der Waals surface area contributed by atoms with E-state index in [-0.39, 0.29) is 34.8 Å². The van der Waals surface area contributed by atoms with Crippen molar-refractivity contribution in [1.29, 1.82) is 0 Å². The Morgan fingerprint density at radius 2 is 2.03 bits per heavy atom. The van der Waals surface area contributed by atoms with Crippen LogP contribution in [0.5, 0.6) is 5.75 Å².